The summed E-state index contributed by atoms with van der Waals surface area (Å²) in [5.74, 6) is 0. The van der Waals surface area contributed by atoms with Crippen molar-refractivity contribution in [1.82, 2.24) is 0 Å². The van der Waals surface area contributed by atoms with E-state index in [1.165, 1.54) is 0 Å². The molecule has 0 spiro atoms. The maximum absolute atomic E-state index is 4.01. The summed E-state index contributed by atoms with van der Waals surface area (Å²) in [4.78, 5) is 12.0. The second-order valence-electron chi connectivity index (χ2n) is 1.84. The molecule has 2 heterocycles. The number of fused-ring (bicyclic) bond motifs is 1. The van der Waals surface area contributed by atoms with Gasteiger partial charge in [0.05, 0.1) is 12.2 Å². The van der Waals surface area contributed by atoms with E-state index in [9.17, 15) is 0 Å². The molecule has 0 radical (unpaired) electrons. The minimum Gasteiger partial charge on any atom is -0.287 e. The second kappa shape index (κ2) is 1.62. The van der Waals surface area contributed by atoms with Crippen LogP contribution in [-0.2, 0) is 0 Å². The lowest BCUT2D eigenvalue weighted by Gasteiger charge is -1.97. The van der Waals surface area contributed by atoms with Crippen LogP contribution in [0.4, 0.5) is 0 Å². The fraction of sp³-hybridized carbons (Fsp3) is 0.167. The lowest BCUT2D eigenvalue weighted by Crippen LogP contribution is -2.04. The Bertz CT molecular complexity index is 245. The van der Waals surface area contributed by atoms with Crippen LogP contribution in [0.15, 0.2) is 26.8 Å². The molecule has 3 heteroatoms. The molecule has 2 aliphatic heterocycles. The van der Waals surface area contributed by atoms with Crippen LogP contribution in [-0.4, -0.2) is 24.8 Å². The van der Waals surface area contributed by atoms with Gasteiger partial charge in [-0.1, -0.05) is 0 Å². The van der Waals surface area contributed by atoms with Crippen LogP contribution in [0.5, 0.6) is 0 Å². The van der Waals surface area contributed by atoms with Gasteiger partial charge >= 0.3 is 0 Å². The normalized spacial score (nSPS) is 21.3. The largest absolute Gasteiger partial charge is 0.287 e. The predicted octanol–water partition coefficient (Wildman–Crippen LogP) is 0.438. The van der Waals surface area contributed by atoms with Crippen LogP contribution < -0.4 is 0 Å². The van der Waals surface area contributed by atoms with Gasteiger partial charge in [-0.2, -0.15) is 0 Å². The Labute approximate surface area is 52.5 Å². The van der Waals surface area contributed by atoms with Crippen molar-refractivity contribution in [2.45, 2.75) is 0 Å². The first-order chi connectivity index (χ1) is 4.47. The van der Waals surface area contributed by atoms with Crippen molar-refractivity contribution in [2.24, 2.45) is 15.0 Å². The Hall–Kier alpha value is -1.25. The summed E-state index contributed by atoms with van der Waals surface area (Å²) in [5.41, 5.74) is 1.85. The quantitative estimate of drug-likeness (QED) is 0.443. The average molecular weight is 119 g/mol. The number of aliphatic imine (C=N–C) groups is 3. The summed E-state index contributed by atoms with van der Waals surface area (Å²) in [7, 11) is 0. The van der Waals surface area contributed by atoms with Gasteiger partial charge in [-0.15, -0.1) is 0 Å². The minimum absolute atomic E-state index is 0.742. The number of hydrogen-bond acceptors (Lipinski definition) is 3. The monoisotopic (exact) mass is 119 g/mol. The third kappa shape index (κ3) is 0.614. The standard InChI is InChI=1S/C6H5N3/c1-2-7-3-6-5(1)8-4-9-6/h1,3-4H,2H2. The van der Waals surface area contributed by atoms with Crippen molar-refractivity contribution in [3.63, 3.8) is 0 Å². The highest BCUT2D eigenvalue weighted by Gasteiger charge is 2.08. The zero-order valence-corrected chi connectivity index (χ0v) is 4.78. The highest BCUT2D eigenvalue weighted by molar-refractivity contribution is 6.41. The van der Waals surface area contributed by atoms with E-state index in [0.29, 0.717) is 0 Å². The maximum atomic E-state index is 4.01. The number of allylic oxidation sites excluding steroid dienone is 1. The van der Waals surface area contributed by atoms with E-state index in [4.69, 9.17) is 0 Å². The van der Waals surface area contributed by atoms with Gasteiger partial charge in [0.1, 0.15) is 12.1 Å². The van der Waals surface area contributed by atoms with E-state index in [0.717, 1.165) is 18.0 Å². The number of rotatable bonds is 0. The zero-order valence-electron chi connectivity index (χ0n) is 4.78. The van der Waals surface area contributed by atoms with Crippen LogP contribution in [0.25, 0.3) is 0 Å². The topological polar surface area (TPSA) is 37.1 Å². The molecule has 0 aromatic carbocycles. The molecule has 3 nitrogen and oxygen atoms in total. The Kier molecular flexibility index (Phi) is 0.828. The predicted molar refractivity (Wildman–Crippen MR) is 37.4 cm³/mol. The van der Waals surface area contributed by atoms with Gasteiger partial charge in [0.2, 0.25) is 0 Å². The summed E-state index contributed by atoms with van der Waals surface area (Å²) in [5, 5.41) is 0. The van der Waals surface area contributed by atoms with E-state index < -0.39 is 0 Å². The highest BCUT2D eigenvalue weighted by Crippen LogP contribution is 2.07. The molecule has 2 rings (SSSR count). The lowest BCUT2D eigenvalue weighted by atomic mass is 10.2. The van der Waals surface area contributed by atoms with Gasteiger partial charge < -0.3 is 0 Å². The van der Waals surface area contributed by atoms with E-state index in [1.807, 2.05) is 6.08 Å². The molecule has 0 aromatic heterocycles. The SMILES string of the molecule is C1=NCC=C2N=CN=C12. The Balaban J connectivity index is 2.46. The molecule has 0 aliphatic carbocycles. The molecule has 2 aliphatic rings. The lowest BCUT2D eigenvalue weighted by molar-refractivity contribution is 1.22. The van der Waals surface area contributed by atoms with Gasteiger partial charge in [-0.3, -0.25) is 4.99 Å². The highest BCUT2D eigenvalue weighted by atomic mass is 15.0. The van der Waals surface area contributed by atoms with Crippen LogP contribution in [0.2, 0.25) is 0 Å². The van der Waals surface area contributed by atoms with E-state index >= 15 is 0 Å². The zero-order chi connectivity index (χ0) is 6.10. The van der Waals surface area contributed by atoms with Gasteiger partial charge in [0, 0.05) is 6.21 Å². The third-order valence-electron chi connectivity index (χ3n) is 1.26. The van der Waals surface area contributed by atoms with Crippen molar-refractivity contribution >= 4 is 18.3 Å². The first-order valence-electron chi connectivity index (χ1n) is 2.77. The number of dihydropyridines is 1. The fourth-order valence-electron chi connectivity index (χ4n) is 0.821. The van der Waals surface area contributed by atoms with Crippen molar-refractivity contribution in [3.8, 4) is 0 Å². The molecule has 0 atom stereocenters. The summed E-state index contributed by atoms with van der Waals surface area (Å²) >= 11 is 0. The van der Waals surface area contributed by atoms with Crippen molar-refractivity contribution in [3.05, 3.63) is 11.8 Å². The first-order valence-corrected chi connectivity index (χ1v) is 2.77. The van der Waals surface area contributed by atoms with Gasteiger partial charge in [0.15, 0.2) is 0 Å². The van der Waals surface area contributed by atoms with Crippen molar-refractivity contribution in [2.75, 3.05) is 6.54 Å². The summed E-state index contributed by atoms with van der Waals surface area (Å²) in [6.07, 6.45) is 5.27. The van der Waals surface area contributed by atoms with Crippen LogP contribution in [0.3, 0.4) is 0 Å². The maximum Gasteiger partial charge on any atom is 0.116 e. The Morgan fingerprint density at radius 1 is 1.44 bits per heavy atom. The molecule has 0 amide bonds. The molecule has 9 heavy (non-hydrogen) atoms. The molecule has 0 fully saturated rings. The van der Waals surface area contributed by atoms with E-state index in [2.05, 4.69) is 15.0 Å². The Morgan fingerprint density at radius 2 is 2.44 bits per heavy atom. The minimum atomic E-state index is 0.742. The molecular formula is C6H5N3. The Morgan fingerprint density at radius 3 is 3.33 bits per heavy atom. The molecule has 0 unspecified atom stereocenters. The summed E-state index contributed by atoms with van der Waals surface area (Å²) in [6.45, 7) is 0.742. The van der Waals surface area contributed by atoms with Gasteiger partial charge in [-0.25, -0.2) is 9.98 Å². The summed E-state index contributed by atoms with van der Waals surface area (Å²) in [6, 6.07) is 0. The van der Waals surface area contributed by atoms with Crippen molar-refractivity contribution in [1.29, 1.82) is 0 Å². The molecule has 0 aromatic rings. The molecule has 0 bridgehead atoms. The van der Waals surface area contributed by atoms with Crippen LogP contribution in [0.1, 0.15) is 0 Å². The molecule has 0 N–H and O–H groups in total. The second-order valence-corrected chi connectivity index (χ2v) is 1.84. The van der Waals surface area contributed by atoms with Gasteiger partial charge in [0.25, 0.3) is 0 Å². The van der Waals surface area contributed by atoms with E-state index in [1.54, 1.807) is 12.6 Å². The van der Waals surface area contributed by atoms with Crippen LogP contribution >= 0.6 is 0 Å². The molecule has 44 valence electrons. The average Bonchev–Trinajstić information content (AvgIpc) is 2.33. The third-order valence-corrected chi connectivity index (χ3v) is 1.26. The van der Waals surface area contributed by atoms with E-state index in [-0.39, 0.29) is 0 Å². The number of hydrogen-bond donors (Lipinski definition) is 0. The molecular weight excluding hydrogens is 114 g/mol. The number of nitrogens with zero attached hydrogens (tertiary/aromatic N) is 3. The van der Waals surface area contributed by atoms with Gasteiger partial charge in [-0.05, 0) is 6.08 Å². The fourth-order valence-corrected chi connectivity index (χ4v) is 0.821. The first kappa shape index (κ1) is 4.61. The molecule has 0 saturated carbocycles. The summed E-state index contributed by atoms with van der Waals surface area (Å²) < 4.78 is 0. The smallest absolute Gasteiger partial charge is 0.116 e. The van der Waals surface area contributed by atoms with Crippen molar-refractivity contribution < 1.29 is 0 Å². The molecule has 0 saturated heterocycles. The van der Waals surface area contributed by atoms with Crippen LogP contribution in [0, 0.1) is 0 Å².